The molecule has 0 aromatic rings. The van der Waals surface area contributed by atoms with Crippen LogP contribution in [-0.2, 0) is 16.0 Å². The van der Waals surface area contributed by atoms with E-state index in [0.29, 0.717) is 0 Å². The summed E-state index contributed by atoms with van der Waals surface area (Å²) in [6, 6.07) is 0. The molecular formula is C18H23FeNO2. The Morgan fingerprint density at radius 3 is 2.18 bits per heavy atom. The van der Waals surface area contributed by atoms with Gasteiger partial charge in [0.1, 0.15) is 0 Å². The Hall–Kier alpha value is -0.311. The summed E-state index contributed by atoms with van der Waals surface area (Å²) in [7, 11) is 0. The number of carbonyl (C=O) groups is 1. The van der Waals surface area contributed by atoms with Crippen molar-refractivity contribution in [2.45, 2.75) is 60.5 Å². The molecule has 120 valence electrons. The van der Waals surface area contributed by atoms with Crippen LogP contribution < -0.4 is 5.32 Å². The average molecular weight is 341 g/mol. The Labute approximate surface area is 120 Å². The molecule has 10 aliphatic heterocycles. The van der Waals surface area contributed by atoms with E-state index in [1.165, 1.54) is 56.0 Å². The fourth-order valence-corrected chi connectivity index (χ4v) is 92.4. The van der Waals surface area contributed by atoms with Crippen LogP contribution in [-0.4, -0.2) is 25.7 Å². The van der Waals surface area contributed by atoms with Gasteiger partial charge in [0.25, 0.3) is 0 Å². The van der Waals surface area contributed by atoms with E-state index in [2.05, 4.69) is 11.9 Å². The van der Waals surface area contributed by atoms with E-state index in [-0.39, 0.29) is 5.91 Å². The van der Waals surface area contributed by atoms with E-state index < -0.39 is 6.51 Å². The molecule has 1 N–H and O–H groups in total. The molecule has 0 saturated carbocycles. The second kappa shape index (κ2) is 1.02. The third kappa shape index (κ3) is 0.135. The second-order valence-corrected chi connectivity index (χ2v) is 35.8. The molecule has 4 heteroatoms. The van der Waals surface area contributed by atoms with Crippen LogP contribution in [0.25, 0.3) is 0 Å². The Morgan fingerprint density at radius 2 is 1.73 bits per heavy atom. The van der Waals surface area contributed by atoms with Crippen molar-refractivity contribution in [3.8, 4) is 0 Å². The molecule has 4 atom stereocenters. The zero-order valence-electron chi connectivity index (χ0n) is 12.7. The van der Waals surface area contributed by atoms with Gasteiger partial charge in [0.15, 0.2) is 0 Å². The molecule has 10 aliphatic rings. The van der Waals surface area contributed by atoms with Gasteiger partial charge in [0.2, 0.25) is 0 Å². The van der Waals surface area contributed by atoms with E-state index in [4.69, 9.17) is 4.74 Å². The second-order valence-electron chi connectivity index (χ2n) is 12.1. The summed E-state index contributed by atoms with van der Waals surface area (Å²) < 4.78 is 7.22. The van der Waals surface area contributed by atoms with Crippen molar-refractivity contribution in [1.29, 1.82) is 0 Å². The number of carbonyl (C=O) groups excluding carboxylic acids is 1. The summed E-state index contributed by atoms with van der Waals surface area (Å²) >= 11 is 0. The molecule has 0 aromatic carbocycles. The molecule has 10 rings (SSSR count). The van der Waals surface area contributed by atoms with Crippen LogP contribution in [0.3, 0.4) is 0 Å². The normalized spacial score (nSPS) is 94.3. The van der Waals surface area contributed by atoms with Crippen molar-refractivity contribution in [3.63, 3.8) is 0 Å². The first-order chi connectivity index (χ1) is 10.5. The molecule has 4 unspecified atom stereocenters. The molecule has 3 nitrogen and oxygen atoms in total. The van der Waals surface area contributed by atoms with Crippen molar-refractivity contribution in [2.75, 3.05) is 19.8 Å². The molecule has 10 saturated heterocycles. The average Bonchev–Trinajstić information content (AvgIpc) is 3.46. The molecule has 0 radical (unpaired) electrons. The fourth-order valence-electron chi connectivity index (χ4n) is 17.9. The van der Waals surface area contributed by atoms with Gasteiger partial charge < -0.3 is 0 Å². The van der Waals surface area contributed by atoms with Gasteiger partial charge in [-0.25, -0.2) is 0 Å². The molecule has 1 spiro atoms. The minimum atomic E-state index is -2.85. The summed E-state index contributed by atoms with van der Waals surface area (Å²) in [5.41, 5.74) is 0. The van der Waals surface area contributed by atoms with Gasteiger partial charge in [0.05, 0.1) is 0 Å². The van der Waals surface area contributed by atoms with Crippen LogP contribution in [0.2, 0.25) is 47.7 Å². The van der Waals surface area contributed by atoms with Crippen LogP contribution >= 0.6 is 0 Å². The van der Waals surface area contributed by atoms with E-state index >= 15 is 0 Å². The number of ether oxygens (including phenoxy) is 1. The Morgan fingerprint density at radius 1 is 1.09 bits per heavy atom. The van der Waals surface area contributed by atoms with Crippen molar-refractivity contribution in [3.05, 3.63) is 12.7 Å². The van der Waals surface area contributed by atoms with Gasteiger partial charge in [-0.15, -0.1) is 0 Å². The summed E-state index contributed by atoms with van der Waals surface area (Å²) in [5.74, 6) is -0.0563. The number of amides is 1. The third-order valence-electron chi connectivity index (χ3n) is 16.5. The SMILES string of the molecule is C=CC(=O)NCCCCOC[C]12[CH]3[CH]4[CH]5[CH]1[Fe]45321678[CH]2[CH]1[CH]6[CH]7[CH]28. The summed E-state index contributed by atoms with van der Waals surface area (Å²) in [5, 5.41) is 2.85. The van der Waals surface area contributed by atoms with Crippen molar-refractivity contribution in [2.24, 2.45) is 0 Å². The van der Waals surface area contributed by atoms with Gasteiger partial charge in [0, 0.05) is 0 Å². The van der Waals surface area contributed by atoms with E-state index in [1.807, 2.05) is 0 Å². The van der Waals surface area contributed by atoms with Crippen LogP contribution in [0.1, 0.15) is 12.8 Å². The third-order valence-corrected chi connectivity index (χ3v) is 59.4. The van der Waals surface area contributed by atoms with Gasteiger partial charge in [-0.3, -0.25) is 0 Å². The number of fused-ring (bicyclic) bond motifs is 10. The fraction of sp³-hybridized carbons (Fsp3) is 0.833. The number of hydrogen-bond donors (Lipinski definition) is 1. The molecule has 1 amide bonds. The first kappa shape index (κ1) is 9.86. The molecule has 0 aliphatic carbocycles. The predicted octanol–water partition coefficient (Wildman–Crippen LogP) is 3.84. The minimum absolute atomic E-state index is 0.0563. The Bertz CT molecular complexity index is 1010. The number of nitrogens with one attached hydrogen (secondary N) is 1. The van der Waals surface area contributed by atoms with Crippen molar-refractivity contribution < 1.29 is 16.0 Å². The summed E-state index contributed by atoms with van der Waals surface area (Å²) in [6.07, 6.45) is 3.46. The Kier molecular flexibility index (Phi) is 0.457. The maximum absolute atomic E-state index is 11.1. The molecule has 0 aromatic heterocycles. The number of hydrogen-bond acceptors (Lipinski definition) is 2. The Balaban J connectivity index is 0.897. The van der Waals surface area contributed by atoms with Crippen LogP contribution in [0.5, 0.6) is 0 Å². The monoisotopic (exact) mass is 341 g/mol. The summed E-state index contributed by atoms with van der Waals surface area (Å²) in [4.78, 5) is 23.8. The molecule has 22 heavy (non-hydrogen) atoms. The van der Waals surface area contributed by atoms with Crippen LogP contribution in [0.4, 0.5) is 0 Å². The summed E-state index contributed by atoms with van der Waals surface area (Å²) in [6.45, 7) is 3.49. The molecule has 10 heterocycles. The van der Waals surface area contributed by atoms with Gasteiger partial charge in [-0.2, -0.15) is 0 Å². The first-order valence-corrected chi connectivity index (χ1v) is 15.5. The molecule has 10 fully saturated rings. The maximum atomic E-state index is 11.1. The zero-order chi connectivity index (χ0) is 14.2. The van der Waals surface area contributed by atoms with Crippen LogP contribution in [0.15, 0.2) is 12.7 Å². The number of unbranched alkanes of at least 4 members (excludes halogenated alkanes) is 1. The van der Waals surface area contributed by atoms with E-state index in [0.717, 1.165) is 30.3 Å². The standard InChI is InChI=1S/C13H18NO2.C5H5.Fe/c1-2-13(15)14-9-5-6-10-16-11-12-7-3-4-8-12;1-2-4-5-3-1;/h2-4,7-8H,1,5-6,9-11H2,(H,14,15);1-5H;. The quantitative estimate of drug-likeness (QED) is 0.414. The number of rotatable bonds is 8. The topological polar surface area (TPSA) is 38.3 Å². The van der Waals surface area contributed by atoms with Gasteiger partial charge in [-0.1, -0.05) is 0 Å². The van der Waals surface area contributed by atoms with Crippen LogP contribution in [0, 0.1) is 0 Å². The molecule has 0 bridgehead atoms. The first-order valence-electron chi connectivity index (χ1n) is 9.19. The zero-order valence-corrected chi connectivity index (χ0v) is 13.8. The van der Waals surface area contributed by atoms with E-state index in [1.54, 1.807) is 0 Å². The molecular weight excluding hydrogens is 318 g/mol. The van der Waals surface area contributed by atoms with E-state index in [9.17, 15) is 4.79 Å². The van der Waals surface area contributed by atoms with Gasteiger partial charge >= 0.3 is 120 Å². The van der Waals surface area contributed by atoms with Crippen molar-refractivity contribution >= 4 is 5.91 Å². The predicted molar refractivity (Wildman–Crippen MR) is 79.7 cm³/mol. The van der Waals surface area contributed by atoms with Crippen molar-refractivity contribution in [1.82, 2.24) is 5.32 Å². The van der Waals surface area contributed by atoms with Gasteiger partial charge in [-0.05, 0) is 0 Å².